The van der Waals surface area contributed by atoms with Gasteiger partial charge in [0.1, 0.15) is 0 Å². The van der Waals surface area contributed by atoms with Crippen molar-refractivity contribution in [2.24, 2.45) is 10.9 Å². The largest absolute Gasteiger partial charge is 0.357 e. The highest BCUT2D eigenvalue weighted by Crippen LogP contribution is 2.22. The average Bonchev–Trinajstić information content (AvgIpc) is 2.73. The average molecular weight is 424 g/mol. The van der Waals surface area contributed by atoms with Gasteiger partial charge in [0.25, 0.3) is 0 Å². The van der Waals surface area contributed by atoms with E-state index in [1.54, 1.807) is 16.4 Å². The monoisotopic (exact) mass is 423 g/mol. The second-order valence-electron chi connectivity index (χ2n) is 7.57. The number of hydrogen-bond acceptors (Lipinski definition) is 4. The summed E-state index contributed by atoms with van der Waals surface area (Å²) in [5, 5.41) is 6.65. The Morgan fingerprint density at radius 3 is 2.34 bits per heavy atom. The first kappa shape index (κ1) is 23.6. The molecule has 2 N–H and O–H groups in total. The molecule has 8 heteroatoms. The van der Waals surface area contributed by atoms with E-state index in [0.29, 0.717) is 30.4 Å². The molecule has 0 bridgehead atoms. The van der Waals surface area contributed by atoms with Crippen LogP contribution in [0.3, 0.4) is 0 Å². The zero-order valence-electron chi connectivity index (χ0n) is 18.3. The molecule has 29 heavy (non-hydrogen) atoms. The molecule has 1 aromatic carbocycles. The van der Waals surface area contributed by atoms with E-state index in [1.807, 2.05) is 26.1 Å². The Balaban J connectivity index is 2.17. The van der Waals surface area contributed by atoms with Crippen molar-refractivity contribution in [3.63, 3.8) is 0 Å². The molecule has 1 heterocycles. The van der Waals surface area contributed by atoms with Gasteiger partial charge in [0.15, 0.2) is 5.96 Å². The van der Waals surface area contributed by atoms with Crippen molar-refractivity contribution >= 4 is 16.0 Å². The van der Waals surface area contributed by atoms with E-state index < -0.39 is 10.0 Å². The zero-order chi connectivity index (χ0) is 21.3. The maximum atomic E-state index is 13.2. The molecule has 7 nitrogen and oxygen atoms in total. The quantitative estimate of drug-likeness (QED) is 0.470. The molecule has 0 saturated carbocycles. The molecule has 0 amide bonds. The van der Waals surface area contributed by atoms with Crippen molar-refractivity contribution in [1.29, 1.82) is 0 Å². The summed E-state index contributed by atoms with van der Waals surface area (Å²) in [7, 11) is -1.50. The molecule has 0 aliphatic carbocycles. The minimum atomic E-state index is -3.51. The van der Waals surface area contributed by atoms with Crippen LogP contribution < -0.4 is 10.6 Å². The normalized spacial score (nSPS) is 16.9. The number of rotatable bonds is 9. The number of benzene rings is 1. The molecule has 0 spiro atoms. The van der Waals surface area contributed by atoms with Crippen molar-refractivity contribution in [2.75, 3.05) is 46.3 Å². The van der Waals surface area contributed by atoms with Crippen LogP contribution in [-0.2, 0) is 16.6 Å². The van der Waals surface area contributed by atoms with Crippen molar-refractivity contribution in [3.05, 3.63) is 29.8 Å². The Bertz CT molecular complexity index is 754. The molecule has 1 saturated heterocycles. The van der Waals surface area contributed by atoms with Crippen molar-refractivity contribution in [2.45, 2.75) is 45.1 Å². The van der Waals surface area contributed by atoms with Crippen molar-refractivity contribution < 1.29 is 8.42 Å². The molecule has 0 aromatic heterocycles. The number of guanidine groups is 1. The lowest BCUT2D eigenvalue weighted by atomic mass is 10.0. The smallest absolute Gasteiger partial charge is 0.243 e. The van der Waals surface area contributed by atoms with Crippen LogP contribution in [0.15, 0.2) is 34.2 Å². The van der Waals surface area contributed by atoms with Crippen LogP contribution in [0.25, 0.3) is 0 Å². The van der Waals surface area contributed by atoms with Gasteiger partial charge in [-0.25, -0.2) is 13.4 Å². The number of likely N-dealkylation sites (N-methyl/N-ethyl adjacent to an activating group) is 1. The van der Waals surface area contributed by atoms with Gasteiger partial charge in [-0.1, -0.05) is 44.9 Å². The molecule has 1 aliphatic heterocycles. The number of nitrogens with one attached hydrogen (secondary N) is 2. The van der Waals surface area contributed by atoms with Gasteiger partial charge in [-0.05, 0) is 31.5 Å². The molecule has 0 radical (unpaired) electrons. The molecule has 1 fully saturated rings. The van der Waals surface area contributed by atoms with Gasteiger partial charge in [0.2, 0.25) is 10.0 Å². The predicted octanol–water partition coefficient (Wildman–Crippen LogP) is 2.11. The summed E-state index contributed by atoms with van der Waals surface area (Å²) < 4.78 is 28.0. The van der Waals surface area contributed by atoms with Crippen LogP contribution >= 0.6 is 0 Å². The molecule has 1 aromatic rings. The molecule has 2 rings (SSSR count). The summed E-state index contributed by atoms with van der Waals surface area (Å²) in [6.07, 6.45) is 2.24. The fourth-order valence-corrected chi connectivity index (χ4v) is 5.01. The van der Waals surface area contributed by atoms with Crippen LogP contribution in [0.4, 0.5) is 0 Å². The standard InChI is InChI=1S/C21H37N5O2S/c1-5-18(6-2)16-23-21(22-7-3)24-17-19-10-8-9-11-20(19)29(27,28)26-14-12-25(4)13-15-26/h8-11,18H,5-7,12-17H2,1-4H3,(H2,22,23,24). The Morgan fingerprint density at radius 1 is 1.07 bits per heavy atom. The molecule has 0 atom stereocenters. The van der Waals surface area contributed by atoms with Crippen LogP contribution in [0.5, 0.6) is 0 Å². The van der Waals surface area contributed by atoms with E-state index in [9.17, 15) is 8.42 Å². The minimum Gasteiger partial charge on any atom is -0.357 e. The van der Waals surface area contributed by atoms with E-state index in [0.717, 1.165) is 50.5 Å². The van der Waals surface area contributed by atoms with E-state index in [1.165, 1.54) is 0 Å². The maximum absolute atomic E-state index is 13.2. The Kier molecular flexibility index (Phi) is 9.39. The fourth-order valence-electron chi connectivity index (χ4n) is 3.38. The number of sulfonamides is 1. The predicted molar refractivity (Wildman–Crippen MR) is 120 cm³/mol. The van der Waals surface area contributed by atoms with Gasteiger partial charge >= 0.3 is 0 Å². The van der Waals surface area contributed by atoms with Crippen LogP contribution in [0.1, 0.15) is 39.2 Å². The SMILES string of the molecule is CCNC(=NCc1ccccc1S(=O)(=O)N1CCN(C)CC1)NCC(CC)CC. The molecular weight excluding hydrogens is 386 g/mol. The third-order valence-electron chi connectivity index (χ3n) is 5.52. The lowest BCUT2D eigenvalue weighted by molar-refractivity contribution is 0.222. The van der Waals surface area contributed by atoms with Crippen molar-refractivity contribution in [3.8, 4) is 0 Å². The Hall–Kier alpha value is -1.64. The van der Waals surface area contributed by atoms with Gasteiger partial charge in [0, 0.05) is 39.3 Å². The van der Waals surface area contributed by atoms with Gasteiger partial charge in [-0.15, -0.1) is 0 Å². The summed E-state index contributed by atoms with van der Waals surface area (Å²) in [6.45, 7) is 10.9. The van der Waals surface area contributed by atoms with E-state index >= 15 is 0 Å². The molecule has 1 aliphatic rings. The molecular formula is C21H37N5O2S. The number of piperazine rings is 1. The van der Waals surface area contributed by atoms with Gasteiger partial charge in [0.05, 0.1) is 11.4 Å². The first-order chi connectivity index (χ1) is 13.9. The van der Waals surface area contributed by atoms with Crippen LogP contribution in [-0.4, -0.2) is 69.9 Å². The minimum absolute atomic E-state index is 0.321. The third kappa shape index (κ3) is 6.69. The highest BCUT2D eigenvalue weighted by atomic mass is 32.2. The summed E-state index contributed by atoms with van der Waals surface area (Å²) in [5.41, 5.74) is 0.728. The van der Waals surface area contributed by atoms with Gasteiger partial charge in [-0.3, -0.25) is 0 Å². The van der Waals surface area contributed by atoms with Crippen molar-refractivity contribution in [1.82, 2.24) is 19.8 Å². The lowest BCUT2D eigenvalue weighted by Gasteiger charge is -2.32. The highest BCUT2D eigenvalue weighted by Gasteiger charge is 2.29. The lowest BCUT2D eigenvalue weighted by Crippen LogP contribution is -2.47. The number of hydrogen-bond donors (Lipinski definition) is 2. The van der Waals surface area contributed by atoms with Gasteiger partial charge < -0.3 is 15.5 Å². The highest BCUT2D eigenvalue weighted by molar-refractivity contribution is 7.89. The van der Waals surface area contributed by atoms with E-state index in [4.69, 9.17) is 0 Å². The summed E-state index contributed by atoms with van der Waals surface area (Å²) in [6, 6.07) is 7.21. The second-order valence-corrected chi connectivity index (χ2v) is 9.48. The molecule has 0 unspecified atom stereocenters. The van der Waals surface area contributed by atoms with Gasteiger partial charge in [-0.2, -0.15) is 4.31 Å². The topological polar surface area (TPSA) is 77.0 Å². The van der Waals surface area contributed by atoms with Crippen LogP contribution in [0.2, 0.25) is 0 Å². The van der Waals surface area contributed by atoms with E-state index in [-0.39, 0.29) is 0 Å². The maximum Gasteiger partial charge on any atom is 0.243 e. The first-order valence-electron chi connectivity index (χ1n) is 10.7. The summed E-state index contributed by atoms with van der Waals surface area (Å²) >= 11 is 0. The Morgan fingerprint density at radius 2 is 1.72 bits per heavy atom. The second kappa shape index (κ2) is 11.5. The fraction of sp³-hybridized carbons (Fsp3) is 0.667. The molecule has 164 valence electrons. The van der Waals surface area contributed by atoms with E-state index in [2.05, 4.69) is 34.4 Å². The summed E-state index contributed by atoms with van der Waals surface area (Å²) in [4.78, 5) is 7.17. The van der Waals surface area contributed by atoms with Crippen LogP contribution in [0, 0.1) is 5.92 Å². The first-order valence-corrected chi connectivity index (χ1v) is 12.1. The zero-order valence-corrected chi connectivity index (χ0v) is 19.1. The number of nitrogens with zero attached hydrogens (tertiary/aromatic N) is 3. The number of aliphatic imine (C=N–C) groups is 1. The third-order valence-corrected chi connectivity index (χ3v) is 7.52. The Labute approximate surface area is 176 Å². The summed E-state index contributed by atoms with van der Waals surface area (Å²) in [5.74, 6) is 1.33.